The molecule has 0 spiro atoms. The van der Waals surface area contributed by atoms with Gasteiger partial charge in [0.2, 0.25) is 17.6 Å². The average Bonchev–Trinajstić information content (AvgIpc) is 3.72. The number of carbonyl (C=O) groups is 5. The van der Waals surface area contributed by atoms with Crippen LogP contribution in [0, 0.1) is 34.5 Å². The smallest absolute Gasteiger partial charge is 0.287 e. The van der Waals surface area contributed by atoms with Gasteiger partial charge >= 0.3 is 0 Å². The maximum Gasteiger partial charge on any atom is 0.287 e. The second-order valence-corrected chi connectivity index (χ2v) is 15.4. The third-order valence-electron chi connectivity index (χ3n) is 10.0. The lowest BCUT2D eigenvalue weighted by molar-refractivity contribution is -0.146. The summed E-state index contributed by atoms with van der Waals surface area (Å²) in [6.07, 6.45) is 3.20. The second-order valence-electron chi connectivity index (χ2n) is 15.4. The van der Waals surface area contributed by atoms with Crippen LogP contribution in [0.2, 0.25) is 0 Å². The minimum absolute atomic E-state index is 0.0129. The number of nitrogens with zero attached hydrogens (tertiary/aromatic N) is 1. The van der Waals surface area contributed by atoms with Gasteiger partial charge in [-0.1, -0.05) is 53.9 Å². The van der Waals surface area contributed by atoms with Crippen LogP contribution in [0.1, 0.15) is 118 Å². The van der Waals surface area contributed by atoms with E-state index in [9.17, 15) is 32.8 Å². The molecule has 42 heavy (non-hydrogen) atoms. The Morgan fingerprint density at radius 3 is 2.26 bits per heavy atom. The summed E-state index contributed by atoms with van der Waals surface area (Å²) in [5, 5.41) is 2.74. The van der Waals surface area contributed by atoms with Crippen LogP contribution in [0.3, 0.4) is 0 Å². The molecule has 4 fully saturated rings. The van der Waals surface area contributed by atoms with Crippen molar-refractivity contribution in [2.24, 2.45) is 34.5 Å². The maximum atomic E-state index is 14.9. The fourth-order valence-electron chi connectivity index (χ4n) is 7.37. The fraction of sp³-hybridized carbons (Fsp3) is 0.848. The van der Waals surface area contributed by atoms with E-state index in [1.165, 1.54) is 4.90 Å². The first kappa shape index (κ1) is 32.7. The Balaban J connectivity index is 1.60. The molecule has 4 aliphatic rings. The van der Waals surface area contributed by atoms with Gasteiger partial charge < -0.3 is 10.2 Å². The molecule has 0 unspecified atom stereocenters. The topological polar surface area (TPSA) is 101 Å². The number of ketones is 3. The Labute approximate surface area is 249 Å². The van der Waals surface area contributed by atoms with Crippen molar-refractivity contribution in [3.05, 3.63) is 0 Å². The van der Waals surface area contributed by atoms with Crippen LogP contribution in [-0.2, 0) is 24.0 Å². The molecule has 2 heterocycles. The largest absolute Gasteiger partial charge is 0.347 e. The molecule has 9 heteroatoms. The van der Waals surface area contributed by atoms with Crippen molar-refractivity contribution < 1.29 is 32.8 Å². The molecule has 2 amide bonds. The number of Topliss-reactive ketones (excluding diaryl/α,β-unsaturated/α-hetero) is 3. The van der Waals surface area contributed by atoms with Crippen LogP contribution < -0.4 is 5.32 Å². The Bertz CT molecular complexity index is 1080. The van der Waals surface area contributed by atoms with Gasteiger partial charge in [0.15, 0.2) is 5.78 Å². The summed E-state index contributed by atoms with van der Waals surface area (Å²) < 4.78 is 29.9. The number of halogens is 2. The minimum Gasteiger partial charge on any atom is -0.347 e. The molecule has 0 radical (unpaired) electrons. The van der Waals surface area contributed by atoms with E-state index in [0.717, 1.165) is 12.8 Å². The SMILES string of the molecule is CC(C)(C)CC(=O)C[C@H]1CCC(F)(F)CCCCCC[C@@H](C(=O)C(=O)NC2CC2)CC(=O)[C@@H]2[C@@H]3[C@H](CN2C1=O)C3(C)C. The van der Waals surface area contributed by atoms with Crippen LogP contribution in [0.5, 0.6) is 0 Å². The molecule has 2 saturated heterocycles. The van der Waals surface area contributed by atoms with E-state index >= 15 is 0 Å². The molecule has 0 aromatic rings. The zero-order chi connectivity index (χ0) is 31.0. The molecule has 1 N–H and O–H groups in total. The first-order valence-corrected chi connectivity index (χ1v) is 16.1. The lowest BCUT2D eigenvalue weighted by atomic mass is 9.84. The number of hydrogen-bond acceptors (Lipinski definition) is 5. The summed E-state index contributed by atoms with van der Waals surface area (Å²) in [7, 11) is 0. The zero-order valence-corrected chi connectivity index (χ0v) is 26.1. The highest BCUT2D eigenvalue weighted by Gasteiger charge is 2.69. The van der Waals surface area contributed by atoms with E-state index in [-0.39, 0.29) is 72.4 Å². The Hall–Kier alpha value is -2.19. The first-order chi connectivity index (χ1) is 19.5. The van der Waals surface area contributed by atoms with Crippen LogP contribution in [-0.4, -0.2) is 58.6 Å². The van der Waals surface area contributed by atoms with E-state index in [0.29, 0.717) is 38.6 Å². The summed E-state index contributed by atoms with van der Waals surface area (Å²) in [4.78, 5) is 68.5. The van der Waals surface area contributed by atoms with Gasteiger partial charge in [0, 0.05) is 56.5 Å². The molecular weight excluding hydrogens is 542 g/mol. The first-order valence-electron chi connectivity index (χ1n) is 16.1. The molecule has 2 saturated carbocycles. The third-order valence-corrected chi connectivity index (χ3v) is 10.0. The van der Waals surface area contributed by atoms with Crippen LogP contribution in [0.15, 0.2) is 0 Å². The number of nitrogens with one attached hydrogen (secondary N) is 1. The molecule has 7 nitrogen and oxygen atoms in total. The summed E-state index contributed by atoms with van der Waals surface area (Å²) in [5.74, 6) is -6.71. The number of fused-ring (bicyclic) bond motifs is 3. The number of piperidine rings is 1. The molecule has 5 atom stereocenters. The van der Waals surface area contributed by atoms with Crippen molar-refractivity contribution >= 4 is 29.2 Å². The highest BCUT2D eigenvalue weighted by atomic mass is 19.3. The summed E-state index contributed by atoms with van der Waals surface area (Å²) in [6, 6.07) is -0.758. The monoisotopic (exact) mass is 592 g/mol. The van der Waals surface area contributed by atoms with Gasteiger partial charge in [-0.3, -0.25) is 24.0 Å². The molecule has 0 aromatic carbocycles. The van der Waals surface area contributed by atoms with E-state index in [2.05, 4.69) is 19.2 Å². The van der Waals surface area contributed by atoms with Crippen LogP contribution >= 0.6 is 0 Å². The lowest BCUT2D eigenvalue weighted by Gasteiger charge is -2.34. The van der Waals surface area contributed by atoms with Crippen LogP contribution in [0.4, 0.5) is 8.78 Å². The average molecular weight is 593 g/mol. The van der Waals surface area contributed by atoms with Crippen molar-refractivity contribution in [1.82, 2.24) is 10.2 Å². The Morgan fingerprint density at radius 2 is 1.62 bits per heavy atom. The van der Waals surface area contributed by atoms with Gasteiger partial charge in [0.1, 0.15) is 5.78 Å². The van der Waals surface area contributed by atoms with E-state index in [1.54, 1.807) is 0 Å². The van der Waals surface area contributed by atoms with Crippen LogP contribution in [0.25, 0.3) is 0 Å². The van der Waals surface area contributed by atoms with Gasteiger partial charge in [-0.25, -0.2) is 8.78 Å². The van der Waals surface area contributed by atoms with Crippen molar-refractivity contribution in [1.29, 1.82) is 0 Å². The van der Waals surface area contributed by atoms with Crippen molar-refractivity contribution in [2.45, 2.75) is 136 Å². The Morgan fingerprint density at radius 1 is 0.952 bits per heavy atom. The number of carbonyl (C=O) groups excluding carboxylic acids is 5. The van der Waals surface area contributed by atoms with Crippen molar-refractivity contribution in [2.75, 3.05) is 6.54 Å². The summed E-state index contributed by atoms with van der Waals surface area (Å²) >= 11 is 0. The standard InChI is InChI=1S/C33H50F2N2O5/c1-31(2,3)18-23(38)16-21-13-15-33(34,35)14-9-7-6-8-10-20(28(40)29(41)36-22-11-12-22)17-25(39)27-26-24(32(26,4)5)19-37(27)30(21)42/h20-22,24,26-27H,6-19H2,1-5H3,(H,36,41)/t20-,21-,24+,26+,27-/m1/s1. The van der Waals surface area contributed by atoms with Gasteiger partial charge in [-0.2, -0.15) is 0 Å². The molecular formula is C33H50F2N2O5. The predicted molar refractivity (Wildman–Crippen MR) is 155 cm³/mol. The quantitative estimate of drug-likeness (QED) is 0.401. The highest BCUT2D eigenvalue weighted by Crippen LogP contribution is 2.65. The van der Waals surface area contributed by atoms with Gasteiger partial charge in [-0.15, -0.1) is 0 Å². The Kier molecular flexibility index (Phi) is 9.68. The number of rotatable bonds is 6. The van der Waals surface area contributed by atoms with E-state index in [4.69, 9.17) is 0 Å². The maximum absolute atomic E-state index is 14.9. The molecule has 0 bridgehead atoms. The summed E-state index contributed by atoms with van der Waals surface area (Å²) in [6.45, 7) is 10.2. The third kappa shape index (κ3) is 8.04. The fourth-order valence-corrected chi connectivity index (χ4v) is 7.37. The summed E-state index contributed by atoms with van der Waals surface area (Å²) in [5.41, 5.74) is -0.459. The second kappa shape index (κ2) is 12.4. The van der Waals surface area contributed by atoms with Gasteiger partial charge in [-0.05, 0) is 54.8 Å². The molecule has 236 valence electrons. The molecule has 4 rings (SSSR count). The van der Waals surface area contributed by atoms with Crippen molar-refractivity contribution in [3.8, 4) is 0 Å². The lowest BCUT2D eigenvalue weighted by Crippen LogP contribution is -2.49. The highest BCUT2D eigenvalue weighted by molar-refractivity contribution is 6.37. The molecule has 2 aliphatic carbocycles. The number of alkyl halides is 2. The van der Waals surface area contributed by atoms with Crippen molar-refractivity contribution in [3.63, 3.8) is 0 Å². The zero-order valence-electron chi connectivity index (χ0n) is 26.1. The minimum atomic E-state index is -2.95. The molecule has 2 aliphatic heterocycles. The predicted octanol–water partition coefficient (Wildman–Crippen LogP) is 5.67. The van der Waals surface area contributed by atoms with E-state index < -0.39 is 47.8 Å². The normalized spacial score (nSPS) is 32.1. The van der Waals surface area contributed by atoms with Gasteiger partial charge in [0.05, 0.1) is 6.04 Å². The number of amides is 2. The van der Waals surface area contributed by atoms with E-state index in [1.807, 2.05) is 20.8 Å². The molecule has 0 aromatic heterocycles. The van der Waals surface area contributed by atoms with Gasteiger partial charge in [0.25, 0.3) is 5.91 Å². The number of hydrogen-bond donors (Lipinski definition) is 1.